The molecule has 0 bridgehead atoms. The van der Waals surface area contributed by atoms with Crippen LogP contribution in [0.25, 0.3) is 0 Å². The first kappa shape index (κ1) is 24.9. The number of aliphatic hydroxyl groups excluding tert-OH is 1. The highest BCUT2D eigenvalue weighted by atomic mass is 16.6. The quantitative estimate of drug-likeness (QED) is 0.468. The van der Waals surface area contributed by atoms with E-state index in [0.29, 0.717) is 26.1 Å². The van der Waals surface area contributed by atoms with Gasteiger partial charge in [-0.2, -0.15) is 0 Å². The van der Waals surface area contributed by atoms with Crippen LogP contribution in [0.1, 0.15) is 59.3 Å². The summed E-state index contributed by atoms with van der Waals surface area (Å²) in [5.41, 5.74) is -2.38. The van der Waals surface area contributed by atoms with Crippen molar-refractivity contribution in [3.63, 3.8) is 0 Å². The molecule has 0 aromatic rings. The second kappa shape index (κ2) is 9.82. The molecule has 0 aromatic heterocycles. The van der Waals surface area contributed by atoms with Crippen molar-refractivity contribution in [1.82, 2.24) is 9.80 Å². The number of esters is 1. The molecule has 0 aromatic carbocycles. The molecule has 6 atom stereocenters. The standard InChI is InChI=1S/C26H38N2O6/c1-4-6-14-27-15-11-13-26-19(22(30)28(18(5-2)17-29)21(26)23(27)31)20-24(32)33-16-10-8-7-9-12-25(20,3)34-26/h9,11-13,18-21,29H,4-8,10,14-17H2,1-3H3/b12-9-/t18-,19-,20-,21?,25+,26-/m0/s1. The third kappa shape index (κ3) is 3.88. The molecule has 2 fully saturated rings. The Morgan fingerprint density at radius 1 is 1.12 bits per heavy atom. The lowest BCUT2D eigenvalue weighted by Crippen LogP contribution is -2.58. The van der Waals surface area contributed by atoms with E-state index in [9.17, 15) is 19.5 Å². The molecule has 4 aliphatic heterocycles. The van der Waals surface area contributed by atoms with E-state index < -0.39 is 41.1 Å². The number of carbonyl (C=O) groups is 3. The van der Waals surface area contributed by atoms with Crippen molar-refractivity contribution >= 4 is 17.8 Å². The Bertz CT molecular complexity index is 867. The summed E-state index contributed by atoms with van der Waals surface area (Å²) in [6, 6.07) is -1.47. The van der Waals surface area contributed by atoms with Gasteiger partial charge in [0, 0.05) is 13.1 Å². The van der Waals surface area contributed by atoms with E-state index in [1.165, 1.54) is 4.90 Å². The molecule has 8 heteroatoms. The first-order chi connectivity index (χ1) is 16.3. The SMILES string of the molecule is CCCCN1CC=C[C@]23O[C@]4(C)/C=C\CCCCOC(=O)[C@@H]4[C@H]2C(=O)N([C@@H](CC)CO)C3C1=O. The normalized spacial score (nSPS) is 37.5. The van der Waals surface area contributed by atoms with E-state index in [1.54, 1.807) is 4.90 Å². The molecule has 0 saturated carbocycles. The predicted octanol–water partition coefficient (Wildman–Crippen LogP) is 2.21. The molecule has 188 valence electrons. The fourth-order valence-corrected chi connectivity index (χ4v) is 6.14. The summed E-state index contributed by atoms with van der Waals surface area (Å²) >= 11 is 0. The molecule has 0 aliphatic carbocycles. The fraction of sp³-hybridized carbons (Fsp3) is 0.731. The zero-order valence-corrected chi connectivity index (χ0v) is 20.6. The van der Waals surface area contributed by atoms with Crippen molar-refractivity contribution in [3.05, 3.63) is 24.3 Å². The van der Waals surface area contributed by atoms with Crippen molar-refractivity contribution < 1.29 is 29.0 Å². The van der Waals surface area contributed by atoms with Gasteiger partial charge in [-0.1, -0.05) is 44.6 Å². The van der Waals surface area contributed by atoms with Crippen LogP contribution in [0.5, 0.6) is 0 Å². The molecule has 2 amide bonds. The van der Waals surface area contributed by atoms with Crippen LogP contribution in [-0.2, 0) is 23.9 Å². The Labute approximate surface area is 201 Å². The summed E-state index contributed by atoms with van der Waals surface area (Å²) in [6.07, 6.45) is 12.4. The van der Waals surface area contributed by atoms with Crippen LogP contribution in [0, 0.1) is 11.8 Å². The molecule has 1 spiro atoms. The Kier molecular flexibility index (Phi) is 7.20. The van der Waals surface area contributed by atoms with E-state index in [0.717, 1.165) is 32.1 Å². The van der Waals surface area contributed by atoms with Crippen LogP contribution in [0.2, 0.25) is 0 Å². The average molecular weight is 475 g/mol. The Morgan fingerprint density at radius 3 is 2.62 bits per heavy atom. The van der Waals surface area contributed by atoms with Gasteiger partial charge < -0.3 is 24.4 Å². The first-order valence-corrected chi connectivity index (χ1v) is 12.8. The summed E-state index contributed by atoms with van der Waals surface area (Å²) < 4.78 is 12.4. The molecular weight excluding hydrogens is 436 g/mol. The Morgan fingerprint density at radius 2 is 1.91 bits per heavy atom. The van der Waals surface area contributed by atoms with E-state index in [4.69, 9.17) is 9.47 Å². The number of carbonyl (C=O) groups excluding carboxylic acids is 3. The zero-order valence-electron chi connectivity index (χ0n) is 20.6. The molecule has 2 saturated heterocycles. The fourth-order valence-electron chi connectivity index (χ4n) is 6.14. The Balaban J connectivity index is 1.86. The summed E-state index contributed by atoms with van der Waals surface area (Å²) in [5, 5.41) is 10.1. The number of likely N-dealkylation sites (tertiary alicyclic amines) is 1. The minimum absolute atomic E-state index is 0.189. The molecule has 1 N–H and O–H groups in total. The van der Waals surface area contributed by atoms with Crippen LogP contribution in [0.4, 0.5) is 0 Å². The van der Waals surface area contributed by atoms with Crippen molar-refractivity contribution in [2.24, 2.45) is 11.8 Å². The predicted molar refractivity (Wildman–Crippen MR) is 126 cm³/mol. The maximum atomic E-state index is 14.1. The highest BCUT2D eigenvalue weighted by Gasteiger charge is 2.75. The van der Waals surface area contributed by atoms with Crippen LogP contribution >= 0.6 is 0 Å². The van der Waals surface area contributed by atoms with Gasteiger partial charge >= 0.3 is 5.97 Å². The molecule has 0 radical (unpaired) electrons. The smallest absolute Gasteiger partial charge is 0.313 e. The van der Waals surface area contributed by atoms with Crippen LogP contribution in [0.3, 0.4) is 0 Å². The minimum atomic E-state index is -1.30. The molecule has 8 nitrogen and oxygen atoms in total. The van der Waals surface area contributed by atoms with Gasteiger partial charge in [0.15, 0.2) is 0 Å². The number of allylic oxidation sites excluding steroid dienone is 1. The molecular formula is C26H38N2O6. The average Bonchev–Trinajstić information content (AvgIpc) is 3.15. The Hall–Kier alpha value is -2.19. The molecule has 4 aliphatic rings. The van der Waals surface area contributed by atoms with Crippen molar-refractivity contribution in [2.45, 2.75) is 82.6 Å². The lowest BCUT2D eigenvalue weighted by atomic mass is 9.74. The number of unbranched alkanes of at least 4 members (excludes halogenated alkanes) is 1. The van der Waals surface area contributed by atoms with Gasteiger partial charge in [-0.3, -0.25) is 14.4 Å². The lowest BCUT2D eigenvalue weighted by Gasteiger charge is -2.40. The number of nitrogens with zero attached hydrogens (tertiary/aromatic N) is 2. The lowest BCUT2D eigenvalue weighted by molar-refractivity contribution is -0.161. The van der Waals surface area contributed by atoms with Gasteiger partial charge in [0.05, 0.1) is 30.8 Å². The maximum absolute atomic E-state index is 14.1. The van der Waals surface area contributed by atoms with E-state index >= 15 is 0 Å². The van der Waals surface area contributed by atoms with Crippen LogP contribution < -0.4 is 0 Å². The highest BCUT2D eigenvalue weighted by Crippen LogP contribution is 2.57. The first-order valence-electron chi connectivity index (χ1n) is 12.8. The molecule has 4 heterocycles. The largest absolute Gasteiger partial charge is 0.465 e. The minimum Gasteiger partial charge on any atom is -0.465 e. The van der Waals surface area contributed by atoms with Crippen molar-refractivity contribution in [3.8, 4) is 0 Å². The topological polar surface area (TPSA) is 96.4 Å². The maximum Gasteiger partial charge on any atom is 0.313 e. The second-order valence-corrected chi connectivity index (χ2v) is 10.1. The number of fused-ring (bicyclic) bond motifs is 2. The number of amides is 2. The van der Waals surface area contributed by atoms with Gasteiger partial charge in [-0.25, -0.2) is 0 Å². The number of hydrogen-bond donors (Lipinski definition) is 1. The van der Waals surface area contributed by atoms with Gasteiger partial charge in [0.2, 0.25) is 11.8 Å². The summed E-state index contributed by atoms with van der Waals surface area (Å²) in [5.74, 6) is -2.75. The third-order valence-electron chi connectivity index (χ3n) is 7.88. The van der Waals surface area contributed by atoms with Crippen LogP contribution in [0.15, 0.2) is 24.3 Å². The summed E-state index contributed by atoms with van der Waals surface area (Å²) in [6.45, 7) is 6.81. The number of hydrogen-bond acceptors (Lipinski definition) is 6. The van der Waals surface area contributed by atoms with Crippen molar-refractivity contribution in [2.75, 3.05) is 26.3 Å². The monoisotopic (exact) mass is 474 g/mol. The molecule has 4 rings (SSSR count). The summed E-state index contributed by atoms with van der Waals surface area (Å²) in [4.78, 5) is 44.7. The van der Waals surface area contributed by atoms with Crippen molar-refractivity contribution in [1.29, 1.82) is 0 Å². The van der Waals surface area contributed by atoms with Gasteiger partial charge in [-0.05, 0) is 39.0 Å². The molecule has 34 heavy (non-hydrogen) atoms. The van der Waals surface area contributed by atoms with Gasteiger partial charge in [0.25, 0.3) is 0 Å². The number of cyclic esters (lactones) is 1. The summed E-state index contributed by atoms with van der Waals surface area (Å²) in [7, 11) is 0. The van der Waals surface area contributed by atoms with Gasteiger partial charge in [0.1, 0.15) is 17.6 Å². The van der Waals surface area contributed by atoms with E-state index in [2.05, 4.69) is 6.92 Å². The number of aliphatic hydroxyl groups is 1. The zero-order chi connectivity index (χ0) is 24.5. The molecule has 1 unspecified atom stereocenters. The van der Waals surface area contributed by atoms with E-state index in [1.807, 2.05) is 38.2 Å². The van der Waals surface area contributed by atoms with E-state index in [-0.39, 0.29) is 18.4 Å². The highest BCUT2D eigenvalue weighted by molar-refractivity contribution is 5.99. The van der Waals surface area contributed by atoms with Gasteiger partial charge in [-0.15, -0.1) is 0 Å². The number of rotatable bonds is 6. The third-order valence-corrected chi connectivity index (χ3v) is 7.88. The van der Waals surface area contributed by atoms with Crippen LogP contribution in [-0.4, -0.2) is 82.3 Å². The number of ether oxygens (including phenoxy) is 2. The second-order valence-electron chi connectivity index (χ2n) is 10.1.